The summed E-state index contributed by atoms with van der Waals surface area (Å²) in [5, 5.41) is 0. The molecule has 0 fully saturated rings. The Balaban J connectivity index is 2.76. The molecule has 1 rings (SSSR count). The fourth-order valence-electron chi connectivity index (χ4n) is 1.53. The van der Waals surface area contributed by atoms with Gasteiger partial charge in [-0.3, -0.25) is 4.79 Å². The lowest BCUT2D eigenvalue weighted by molar-refractivity contribution is 0.0907. The zero-order chi connectivity index (χ0) is 12.0. The largest absolute Gasteiger partial charge is 0.477 e. The number of nitrogens with zero attached hydrogens (tertiary/aromatic N) is 2. The van der Waals surface area contributed by atoms with Crippen molar-refractivity contribution in [2.45, 2.75) is 33.6 Å². The number of hydrogen-bond acceptors (Lipinski definition) is 4. The van der Waals surface area contributed by atoms with Crippen molar-refractivity contribution < 1.29 is 9.53 Å². The van der Waals surface area contributed by atoms with Crippen LogP contribution in [0.3, 0.4) is 0 Å². The highest BCUT2D eigenvalue weighted by molar-refractivity contribution is 5.95. The molecular formula is C12H18N2O2. The fraction of sp³-hybridized carbons (Fsp3) is 0.583. The number of hydrogen-bond donors (Lipinski definition) is 0. The highest BCUT2D eigenvalue weighted by Gasteiger charge is 2.17. The monoisotopic (exact) mass is 222 g/mol. The summed E-state index contributed by atoms with van der Waals surface area (Å²) in [6, 6.07) is 0. The van der Waals surface area contributed by atoms with Crippen LogP contribution in [0.5, 0.6) is 5.88 Å². The van der Waals surface area contributed by atoms with Crippen LogP contribution in [0.1, 0.15) is 44.1 Å². The highest BCUT2D eigenvalue weighted by Crippen LogP contribution is 2.14. The molecule has 4 heteroatoms. The number of aromatic nitrogens is 2. The summed E-state index contributed by atoms with van der Waals surface area (Å²) in [6.07, 6.45) is 4.67. The van der Waals surface area contributed by atoms with Gasteiger partial charge in [-0.15, -0.1) is 0 Å². The van der Waals surface area contributed by atoms with Crippen LogP contribution in [0, 0.1) is 5.92 Å². The van der Waals surface area contributed by atoms with Crippen LogP contribution in [0.25, 0.3) is 0 Å². The van der Waals surface area contributed by atoms with Crippen molar-refractivity contribution in [2.24, 2.45) is 5.92 Å². The molecule has 16 heavy (non-hydrogen) atoms. The van der Waals surface area contributed by atoms with E-state index in [9.17, 15) is 4.79 Å². The van der Waals surface area contributed by atoms with Gasteiger partial charge < -0.3 is 4.74 Å². The van der Waals surface area contributed by atoms with Crippen molar-refractivity contribution in [2.75, 3.05) is 6.61 Å². The van der Waals surface area contributed by atoms with Crippen molar-refractivity contribution in [3.8, 4) is 5.88 Å². The molecule has 1 aromatic rings. The number of carbonyl (C=O) groups is 1. The predicted octanol–water partition coefficient (Wildman–Crippen LogP) is 2.49. The van der Waals surface area contributed by atoms with E-state index in [1.807, 2.05) is 20.8 Å². The minimum Gasteiger partial charge on any atom is -0.477 e. The topological polar surface area (TPSA) is 52.1 Å². The predicted molar refractivity (Wildman–Crippen MR) is 61.6 cm³/mol. The van der Waals surface area contributed by atoms with Crippen LogP contribution in [-0.2, 0) is 0 Å². The second kappa shape index (κ2) is 6.20. The normalized spacial score (nSPS) is 10.5. The Hall–Kier alpha value is -1.45. The van der Waals surface area contributed by atoms with E-state index in [2.05, 4.69) is 9.97 Å². The summed E-state index contributed by atoms with van der Waals surface area (Å²) >= 11 is 0. The molecule has 4 nitrogen and oxygen atoms in total. The van der Waals surface area contributed by atoms with E-state index in [1.54, 1.807) is 0 Å². The molecule has 0 aliphatic heterocycles. The van der Waals surface area contributed by atoms with Gasteiger partial charge in [-0.2, -0.15) is 0 Å². The average molecular weight is 222 g/mol. The van der Waals surface area contributed by atoms with Crippen molar-refractivity contribution >= 4 is 5.78 Å². The van der Waals surface area contributed by atoms with E-state index in [0.717, 1.165) is 12.8 Å². The average Bonchev–Trinajstić information content (AvgIpc) is 2.32. The maximum absolute atomic E-state index is 11.9. The van der Waals surface area contributed by atoms with E-state index in [1.165, 1.54) is 12.4 Å². The standard InChI is InChI=1S/C12H18N2O2/c1-4-9(5-2)12(15)10-7-14-11(8-13-10)16-6-3/h7-9H,4-6H2,1-3H3. The molecule has 0 spiro atoms. The number of carbonyl (C=O) groups excluding carboxylic acids is 1. The summed E-state index contributed by atoms with van der Waals surface area (Å²) < 4.78 is 5.17. The zero-order valence-electron chi connectivity index (χ0n) is 10.1. The molecule has 0 N–H and O–H groups in total. The van der Waals surface area contributed by atoms with Crippen LogP contribution in [0.4, 0.5) is 0 Å². The lowest BCUT2D eigenvalue weighted by Gasteiger charge is -2.09. The van der Waals surface area contributed by atoms with Crippen LogP contribution in [-0.4, -0.2) is 22.4 Å². The highest BCUT2D eigenvalue weighted by atomic mass is 16.5. The number of rotatable bonds is 6. The first-order valence-corrected chi connectivity index (χ1v) is 5.71. The molecule has 1 aromatic heterocycles. The van der Waals surface area contributed by atoms with Gasteiger partial charge in [-0.1, -0.05) is 13.8 Å². The van der Waals surface area contributed by atoms with Gasteiger partial charge in [0.25, 0.3) is 0 Å². The number of Topliss-reactive ketones (excluding diaryl/α,β-unsaturated/α-hetero) is 1. The Labute approximate surface area is 96.1 Å². The smallest absolute Gasteiger partial charge is 0.232 e. The zero-order valence-corrected chi connectivity index (χ0v) is 10.1. The van der Waals surface area contributed by atoms with Crippen LogP contribution in [0.15, 0.2) is 12.4 Å². The Morgan fingerprint density at radius 2 is 1.94 bits per heavy atom. The first-order chi connectivity index (χ1) is 7.72. The third kappa shape index (κ3) is 3.02. The summed E-state index contributed by atoms with van der Waals surface area (Å²) in [5.41, 5.74) is 0.428. The minimum absolute atomic E-state index is 0.0484. The van der Waals surface area contributed by atoms with Gasteiger partial charge in [-0.05, 0) is 19.8 Å². The lowest BCUT2D eigenvalue weighted by atomic mass is 9.96. The van der Waals surface area contributed by atoms with Crippen molar-refractivity contribution in [1.82, 2.24) is 9.97 Å². The maximum Gasteiger partial charge on any atom is 0.232 e. The molecule has 1 heterocycles. The van der Waals surface area contributed by atoms with Gasteiger partial charge in [0.2, 0.25) is 5.88 Å². The van der Waals surface area contributed by atoms with Crippen LogP contribution < -0.4 is 4.74 Å². The molecule has 0 atom stereocenters. The molecule has 88 valence electrons. The van der Waals surface area contributed by atoms with Crippen LogP contribution in [0.2, 0.25) is 0 Å². The van der Waals surface area contributed by atoms with Crippen LogP contribution >= 0.6 is 0 Å². The second-order valence-electron chi connectivity index (χ2n) is 3.55. The summed E-state index contributed by atoms with van der Waals surface area (Å²) in [4.78, 5) is 20.0. The third-order valence-electron chi connectivity index (χ3n) is 2.53. The molecule has 0 amide bonds. The first-order valence-electron chi connectivity index (χ1n) is 5.71. The van der Waals surface area contributed by atoms with Gasteiger partial charge in [0.1, 0.15) is 5.69 Å². The Morgan fingerprint density at radius 1 is 1.25 bits per heavy atom. The third-order valence-corrected chi connectivity index (χ3v) is 2.53. The Morgan fingerprint density at radius 3 is 2.38 bits per heavy atom. The second-order valence-corrected chi connectivity index (χ2v) is 3.55. The van der Waals surface area contributed by atoms with Gasteiger partial charge >= 0.3 is 0 Å². The van der Waals surface area contributed by atoms with Gasteiger partial charge in [0, 0.05) is 5.92 Å². The molecule has 0 bridgehead atoms. The molecule has 0 aliphatic rings. The fourth-order valence-corrected chi connectivity index (χ4v) is 1.53. The van der Waals surface area contributed by atoms with E-state index >= 15 is 0 Å². The summed E-state index contributed by atoms with van der Waals surface area (Å²) in [6.45, 7) is 6.45. The number of ether oxygens (including phenoxy) is 1. The molecule has 0 aliphatic carbocycles. The van der Waals surface area contributed by atoms with E-state index in [-0.39, 0.29) is 11.7 Å². The Bertz CT molecular complexity index is 331. The molecule has 0 unspecified atom stereocenters. The first kappa shape index (κ1) is 12.6. The minimum atomic E-state index is 0.0484. The SMILES string of the molecule is CCOc1cnc(C(=O)C(CC)CC)cn1. The summed E-state index contributed by atoms with van der Waals surface area (Å²) in [7, 11) is 0. The van der Waals surface area contributed by atoms with E-state index in [4.69, 9.17) is 4.74 Å². The molecule has 0 radical (unpaired) electrons. The Kier molecular flexibility index (Phi) is 4.89. The van der Waals surface area contributed by atoms with E-state index < -0.39 is 0 Å². The maximum atomic E-state index is 11.9. The van der Waals surface area contributed by atoms with E-state index in [0.29, 0.717) is 18.2 Å². The van der Waals surface area contributed by atoms with Crippen molar-refractivity contribution in [1.29, 1.82) is 0 Å². The van der Waals surface area contributed by atoms with Crippen molar-refractivity contribution in [3.05, 3.63) is 18.1 Å². The molecule has 0 saturated heterocycles. The van der Waals surface area contributed by atoms with Gasteiger partial charge in [-0.25, -0.2) is 9.97 Å². The summed E-state index contributed by atoms with van der Waals surface area (Å²) in [5.74, 6) is 0.580. The van der Waals surface area contributed by atoms with Gasteiger partial charge in [0.05, 0.1) is 19.0 Å². The lowest BCUT2D eigenvalue weighted by Crippen LogP contribution is -2.15. The number of ketones is 1. The van der Waals surface area contributed by atoms with Crippen molar-refractivity contribution in [3.63, 3.8) is 0 Å². The molecular weight excluding hydrogens is 204 g/mol. The molecule has 0 saturated carbocycles. The van der Waals surface area contributed by atoms with Gasteiger partial charge in [0.15, 0.2) is 5.78 Å². The quantitative estimate of drug-likeness (QED) is 0.694. The molecule has 0 aromatic carbocycles.